The van der Waals surface area contributed by atoms with E-state index >= 15 is 0 Å². The number of allylic oxidation sites excluding steroid dienone is 2. The van der Waals surface area contributed by atoms with Crippen LogP contribution < -0.4 is 0 Å². The van der Waals surface area contributed by atoms with E-state index in [0.717, 1.165) is 18.7 Å². The summed E-state index contributed by atoms with van der Waals surface area (Å²) in [4.78, 5) is 2.37. The van der Waals surface area contributed by atoms with Crippen molar-refractivity contribution in [1.29, 1.82) is 0 Å². The van der Waals surface area contributed by atoms with Crippen LogP contribution in [0, 0.1) is 0 Å². The minimum absolute atomic E-state index is 0.478. The van der Waals surface area contributed by atoms with Crippen molar-refractivity contribution in [1.82, 2.24) is 4.90 Å². The third kappa shape index (κ3) is 3.45. The molecular weight excluding hydrogens is 158 g/mol. The number of hydrogen-bond donors (Lipinski definition) is 0. The zero-order valence-corrected chi connectivity index (χ0v) is 8.46. The lowest BCUT2D eigenvalue weighted by Crippen LogP contribution is -2.33. The number of nitrogens with zero attached hydrogens (tertiary/aromatic N) is 1. The van der Waals surface area contributed by atoms with E-state index in [4.69, 9.17) is 0 Å². The summed E-state index contributed by atoms with van der Waals surface area (Å²) in [7, 11) is 0. The SMILES string of the molecule is C=C(C)/C=C/C(C)N1CC=C=CC1. The van der Waals surface area contributed by atoms with Gasteiger partial charge in [-0.1, -0.05) is 24.3 Å². The fourth-order valence-electron chi connectivity index (χ4n) is 1.26. The molecule has 1 unspecified atom stereocenters. The molecule has 1 heterocycles. The molecule has 0 aromatic carbocycles. The molecule has 0 saturated carbocycles. The molecule has 70 valence electrons. The van der Waals surface area contributed by atoms with E-state index < -0.39 is 0 Å². The first-order valence-corrected chi connectivity index (χ1v) is 4.67. The Kier molecular flexibility index (Phi) is 3.75. The molecule has 1 atom stereocenters. The monoisotopic (exact) mass is 175 g/mol. The standard InChI is InChI=1S/C12H17N/c1-11(2)7-8-12(3)13-9-5-4-6-10-13/h5-8,12H,1,9-10H2,2-3H3/b8-7+. The Labute approximate surface area is 80.7 Å². The van der Waals surface area contributed by atoms with Crippen molar-refractivity contribution in [2.45, 2.75) is 19.9 Å². The van der Waals surface area contributed by atoms with Crippen LogP contribution >= 0.6 is 0 Å². The Bertz CT molecular complexity index is 257. The Morgan fingerprint density at radius 2 is 2.15 bits per heavy atom. The van der Waals surface area contributed by atoms with Crippen LogP contribution in [0.5, 0.6) is 0 Å². The maximum Gasteiger partial charge on any atom is 0.0260 e. The van der Waals surface area contributed by atoms with Crippen LogP contribution in [-0.4, -0.2) is 24.0 Å². The van der Waals surface area contributed by atoms with Gasteiger partial charge in [0, 0.05) is 19.1 Å². The minimum Gasteiger partial charge on any atom is -0.289 e. The van der Waals surface area contributed by atoms with E-state index in [0.29, 0.717) is 6.04 Å². The minimum atomic E-state index is 0.478. The van der Waals surface area contributed by atoms with Crippen LogP contribution in [-0.2, 0) is 0 Å². The predicted molar refractivity (Wildman–Crippen MR) is 57.6 cm³/mol. The van der Waals surface area contributed by atoms with Gasteiger partial charge in [-0.05, 0) is 26.0 Å². The highest BCUT2D eigenvalue weighted by atomic mass is 15.1. The largest absolute Gasteiger partial charge is 0.289 e. The maximum atomic E-state index is 3.84. The van der Waals surface area contributed by atoms with Gasteiger partial charge in [-0.3, -0.25) is 4.90 Å². The maximum absolute atomic E-state index is 3.84. The molecule has 1 aliphatic rings. The van der Waals surface area contributed by atoms with Crippen molar-refractivity contribution >= 4 is 0 Å². The molecule has 0 radical (unpaired) electrons. The highest BCUT2D eigenvalue weighted by Crippen LogP contribution is 2.04. The van der Waals surface area contributed by atoms with Crippen LogP contribution in [0.1, 0.15) is 13.8 Å². The Morgan fingerprint density at radius 3 is 2.69 bits per heavy atom. The van der Waals surface area contributed by atoms with Crippen LogP contribution in [0.15, 0.2) is 42.2 Å². The average molecular weight is 175 g/mol. The molecule has 0 bridgehead atoms. The summed E-state index contributed by atoms with van der Waals surface area (Å²) in [6.07, 6.45) is 8.39. The quantitative estimate of drug-likeness (QED) is 0.470. The zero-order valence-electron chi connectivity index (χ0n) is 8.46. The number of hydrogen-bond acceptors (Lipinski definition) is 1. The van der Waals surface area contributed by atoms with Crippen molar-refractivity contribution in [3.8, 4) is 0 Å². The summed E-state index contributed by atoms with van der Waals surface area (Å²) >= 11 is 0. The Hall–Kier alpha value is -1.04. The van der Waals surface area contributed by atoms with Gasteiger partial charge >= 0.3 is 0 Å². The zero-order chi connectivity index (χ0) is 9.68. The van der Waals surface area contributed by atoms with Crippen LogP contribution in [0.25, 0.3) is 0 Å². The van der Waals surface area contributed by atoms with E-state index in [1.807, 2.05) is 6.92 Å². The molecule has 0 amide bonds. The first kappa shape index (κ1) is 10.0. The predicted octanol–water partition coefficient (Wildman–Crippen LogP) is 2.53. The molecule has 0 spiro atoms. The normalized spacial score (nSPS) is 19.5. The van der Waals surface area contributed by atoms with Crippen LogP contribution in [0.2, 0.25) is 0 Å². The fraction of sp³-hybridized carbons (Fsp3) is 0.417. The van der Waals surface area contributed by atoms with Crippen molar-refractivity contribution in [3.63, 3.8) is 0 Å². The molecule has 0 aromatic heterocycles. The third-order valence-electron chi connectivity index (χ3n) is 2.12. The Balaban J connectivity index is 2.44. The van der Waals surface area contributed by atoms with Crippen molar-refractivity contribution in [3.05, 3.63) is 42.2 Å². The van der Waals surface area contributed by atoms with Crippen molar-refractivity contribution < 1.29 is 0 Å². The van der Waals surface area contributed by atoms with Gasteiger partial charge in [0.2, 0.25) is 0 Å². The molecule has 0 N–H and O–H groups in total. The second-order valence-corrected chi connectivity index (χ2v) is 3.47. The fourth-order valence-corrected chi connectivity index (χ4v) is 1.26. The second kappa shape index (κ2) is 4.86. The lowest BCUT2D eigenvalue weighted by Gasteiger charge is -2.25. The number of rotatable bonds is 3. The Morgan fingerprint density at radius 1 is 1.54 bits per heavy atom. The van der Waals surface area contributed by atoms with Gasteiger partial charge in [0.1, 0.15) is 0 Å². The molecule has 0 fully saturated rings. The molecule has 0 saturated heterocycles. The van der Waals surface area contributed by atoms with Gasteiger partial charge in [-0.25, -0.2) is 0 Å². The highest BCUT2D eigenvalue weighted by Gasteiger charge is 2.08. The summed E-state index contributed by atoms with van der Waals surface area (Å²) in [5.74, 6) is 0. The molecular formula is C12H17N. The molecule has 1 nitrogen and oxygen atoms in total. The van der Waals surface area contributed by atoms with E-state index in [1.165, 1.54) is 0 Å². The van der Waals surface area contributed by atoms with Gasteiger partial charge in [0.15, 0.2) is 0 Å². The van der Waals surface area contributed by atoms with E-state index in [9.17, 15) is 0 Å². The van der Waals surface area contributed by atoms with E-state index in [-0.39, 0.29) is 0 Å². The van der Waals surface area contributed by atoms with Gasteiger partial charge in [0.25, 0.3) is 0 Å². The van der Waals surface area contributed by atoms with Crippen molar-refractivity contribution in [2.24, 2.45) is 0 Å². The summed E-state index contributed by atoms with van der Waals surface area (Å²) < 4.78 is 0. The third-order valence-corrected chi connectivity index (χ3v) is 2.12. The van der Waals surface area contributed by atoms with Crippen LogP contribution in [0.4, 0.5) is 0 Å². The first-order chi connectivity index (χ1) is 6.20. The molecule has 1 aliphatic heterocycles. The summed E-state index contributed by atoms with van der Waals surface area (Å²) in [5.41, 5.74) is 4.21. The molecule has 1 rings (SSSR count). The average Bonchev–Trinajstić information content (AvgIpc) is 2.15. The molecule has 1 heteroatoms. The van der Waals surface area contributed by atoms with Gasteiger partial charge in [-0.2, -0.15) is 0 Å². The van der Waals surface area contributed by atoms with E-state index in [2.05, 4.69) is 48.4 Å². The smallest absolute Gasteiger partial charge is 0.0260 e. The lowest BCUT2D eigenvalue weighted by atomic mass is 10.2. The van der Waals surface area contributed by atoms with Gasteiger partial charge in [-0.15, -0.1) is 5.73 Å². The molecule has 13 heavy (non-hydrogen) atoms. The van der Waals surface area contributed by atoms with E-state index in [1.54, 1.807) is 0 Å². The first-order valence-electron chi connectivity index (χ1n) is 4.67. The summed E-state index contributed by atoms with van der Waals surface area (Å²) in [6, 6.07) is 0.478. The van der Waals surface area contributed by atoms with Gasteiger partial charge < -0.3 is 0 Å². The summed E-state index contributed by atoms with van der Waals surface area (Å²) in [5, 5.41) is 0. The molecule has 0 aliphatic carbocycles. The topological polar surface area (TPSA) is 3.24 Å². The molecule has 0 aromatic rings. The van der Waals surface area contributed by atoms with Gasteiger partial charge in [0.05, 0.1) is 0 Å². The summed E-state index contributed by atoms with van der Waals surface area (Å²) in [6.45, 7) is 10.0. The second-order valence-electron chi connectivity index (χ2n) is 3.47. The van der Waals surface area contributed by atoms with Crippen molar-refractivity contribution in [2.75, 3.05) is 13.1 Å². The highest BCUT2D eigenvalue weighted by molar-refractivity contribution is 5.13. The van der Waals surface area contributed by atoms with Crippen LogP contribution in [0.3, 0.4) is 0 Å². The lowest BCUT2D eigenvalue weighted by molar-refractivity contribution is 0.293.